The number of hydrogen-bond acceptors (Lipinski definition) is 4. The smallest absolute Gasteiger partial charge is 0.360 e. The monoisotopic (exact) mass is 383 g/mol. The van der Waals surface area contributed by atoms with Crippen LogP contribution in [0.25, 0.3) is 10.9 Å². The molecule has 2 heterocycles. The second-order valence-corrected chi connectivity index (χ2v) is 7.00. The summed E-state index contributed by atoms with van der Waals surface area (Å²) in [5, 5.41) is 13.2. The summed E-state index contributed by atoms with van der Waals surface area (Å²) in [7, 11) is -4.14. The van der Waals surface area contributed by atoms with Gasteiger partial charge in [-0.15, -0.1) is 0 Å². The van der Waals surface area contributed by atoms with E-state index in [9.17, 15) is 21.6 Å². The molecule has 3 rings (SSSR count). The summed E-state index contributed by atoms with van der Waals surface area (Å²) in [6, 6.07) is 4.60. The summed E-state index contributed by atoms with van der Waals surface area (Å²) in [5.74, 6) is 0. The molecule has 26 heavy (non-hydrogen) atoms. The molecule has 2 N–H and O–H groups in total. The van der Waals surface area contributed by atoms with Crippen molar-refractivity contribution in [1.82, 2.24) is 14.8 Å². The van der Waals surface area contributed by atoms with Crippen molar-refractivity contribution in [3.63, 3.8) is 0 Å². The molecule has 0 saturated carbocycles. The predicted octanol–water partition coefficient (Wildman–Crippen LogP) is 3.08. The molecular weight excluding hydrogens is 371 g/mol. The van der Waals surface area contributed by atoms with Crippen molar-refractivity contribution in [2.45, 2.75) is 24.5 Å². The van der Waals surface area contributed by atoms with E-state index >= 15 is 0 Å². The van der Waals surface area contributed by atoms with Crippen LogP contribution < -0.4 is 4.72 Å². The molecule has 3 aromatic rings. The number of fused-ring (bicyclic) bond motifs is 1. The number of rotatable bonds is 4. The van der Waals surface area contributed by atoms with Gasteiger partial charge in [0.05, 0.1) is 11.8 Å². The Kier molecular flexibility index (Phi) is 4.15. The molecule has 2 aromatic heterocycles. The number of aryl methyl sites for hydroxylation is 1. The fraction of sp³-hybridized carbons (Fsp3) is 0.200. The Hall–Kier alpha value is -3.00. The van der Waals surface area contributed by atoms with Crippen molar-refractivity contribution < 1.29 is 21.6 Å². The average molecular weight is 383 g/mol. The zero-order chi connectivity index (χ0) is 19.1. The lowest BCUT2D eigenvalue weighted by atomic mass is 10.1. The molecule has 0 aliphatic rings. The van der Waals surface area contributed by atoms with E-state index in [2.05, 4.69) is 14.8 Å². The molecule has 0 radical (unpaired) electrons. The van der Waals surface area contributed by atoms with Gasteiger partial charge >= 0.3 is 6.18 Å². The molecule has 0 aliphatic heterocycles. The maximum Gasteiger partial charge on any atom is 0.416 e. The zero-order valence-corrected chi connectivity index (χ0v) is 14.1. The summed E-state index contributed by atoms with van der Waals surface area (Å²) in [4.78, 5) is 2.31. The number of benzene rings is 1. The highest BCUT2D eigenvalue weighted by Crippen LogP contribution is 2.33. The van der Waals surface area contributed by atoms with Crippen LogP contribution in [0.5, 0.6) is 0 Å². The topological polar surface area (TPSA) is 104 Å². The molecular formula is C15H12F3N5O2S. The van der Waals surface area contributed by atoms with Gasteiger partial charge in [0.1, 0.15) is 16.7 Å². The molecule has 0 unspecified atom stereocenters. The van der Waals surface area contributed by atoms with Gasteiger partial charge in [-0.25, -0.2) is 8.42 Å². The summed E-state index contributed by atoms with van der Waals surface area (Å²) < 4.78 is 67.2. The Morgan fingerprint density at radius 3 is 2.73 bits per heavy atom. The lowest BCUT2D eigenvalue weighted by Gasteiger charge is -2.08. The molecule has 0 spiro atoms. The van der Waals surface area contributed by atoms with Gasteiger partial charge in [-0.2, -0.15) is 23.5 Å². The van der Waals surface area contributed by atoms with Crippen LogP contribution in [0.3, 0.4) is 0 Å². The molecule has 0 amide bonds. The molecule has 0 fully saturated rings. The Labute approximate surface area is 146 Å². The van der Waals surface area contributed by atoms with Gasteiger partial charge in [0.15, 0.2) is 5.69 Å². The Morgan fingerprint density at radius 1 is 1.38 bits per heavy atom. The molecule has 1 aromatic carbocycles. The van der Waals surface area contributed by atoms with Crippen molar-refractivity contribution in [2.24, 2.45) is 0 Å². The second-order valence-electron chi connectivity index (χ2n) is 5.35. The van der Waals surface area contributed by atoms with Gasteiger partial charge in [-0.05, 0) is 19.1 Å². The third-order valence-corrected chi connectivity index (χ3v) is 5.16. The summed E-state index contributed by atoms with van der Waals surface area (Å²) in [5.41, 5.74) is -0.824. The first-order valence-corrected chi connectivity index (χ1v) is 8.82. The summed E-state index contributed by atoms with van der Waals surface area (Å²) in [6.07, 6.45) is -2.23. The van der Waals surface area contributed by atoms with Gasteiger partial charge in [0.2, 0.25) is 0 Å². The first-order chi connectivity index (χ1) is 12.2. The van der Waals surface area contributed by atoms with Crippen LogP contribution in [0.15, 0.2) is 35.5 Å². The number of nitrogens with one attached hydrogen (secondary N) is 2. The number of alkyl halides is 3. The van der Waals surface area contributed by atoms with Gasteiger partial charge in [0, 0.05) is 23.6 Å². The molecule has 0 aliphatic carbocycles. The van der Waals surface area contributed by atoms with E-state index in [1.807, 2.05) is 6.07 Å². The Morgan fingerprint density at radius 2 is 2.12 bits per heavy atom. The number of nitrogens with zero attached hydrogens (tertiary/aromatic N) is 3. The minimum Gasteiger partial charge on any atom is -0.360 e. The van der Waals surface area contributed by atoms with Gasteiger partial charge in [-0.3, -0.25) is 9.40 Å². The average Bonchev–Trinajstić information content (AvgIpc) is 3.16. The quantitative estimate of drug-likeness (QED) is 0.722. The number of nitriles is 1. The van der Waals surface area contributed by atoms with E-state index in [1.165, 1.54) is 10.9 Å². The second kappa shape index (κ2) is 6.06. The predicted molar refractivity (Wildman–Crippen MR) is 86.7 cm³/mol. The Bertz CT molecular complexity index is 1120. The maximum atomic E-state index is 12.8. The van der Waals surface area contributed by atoms with Gasteiger partial charge in [-0.1, -0.05) is 6.07 Å². The number of halogens is 3. The van der Waals surface area contributed by atoms with Crippen molar-refractivity contribution in [1.29, 1.82) is 5.26 Å². The molecule has 0 saturated heterocycles. The fourth-order valence-electron chi connectivity index (χ4n) is 2.52. The number of H-pyrrole nitrogens is 1. The molecule has 11 heteroatoms. The minimum atomic E-state index is -4.53. The number of hydrogen-bond donors (Lipinski definition) is 2. The van der Waals surface area contributed by atoms with Crippen molar-refractivity contribution >= 4 is 26.6 Å². The van der Waals surface area contributed by atoms with E-state index in [0.717, 1.165) is 24.4 Å². The van der Waals surface area contributed by atoms with Crippen LogP contribution in [-0.2, 0) is 22.7 Å². The first kappa shape index (κ1) is 17.8. The number of anilines is 1. The Balaban J connectivity index is 2.03. The van der Waals surface area contributed by atoms with Crippen LogP contribution >= 0.6 is 0 Å². The van der Waals surface area contributed by atoms with E-state index in [-0.39, 0.29) is 27.2 Å². The van der Waals surface area contributed by atoms with Crippen molar-refractivity contribution in [2.75, 3.05) is 4.72 Å². The van der Waals surface area contributed by atoms with Crippen molar-refractivity contribution in [3.05, 3.63) is 41.9 Å². The lowest BCUT2D eigenvalue weighted by Crippen LogP contribution is -2.13. The van der Waals surface area contributed by atoms with Crippen molar-refractivity contribution in [3.8, 4) is 6.07 Å². The minimum absolute atomic E-state index is 0.00406. The summed E-state index contributed by atoms with van der Waals surface area (Å²) in [6.45, 7) is 2.11. The van der Waals surface area contributed by atoms with E-state index in [0.29, 0.717) is 6.54 Å². The van der Waals surface area contributed by atoms with Gasteiger partial charge in [0.25, 0.3) is 10.0 Å². The summed E-state index contributed by atoms with van der Waals surface area (Å²) >= 11 is 0. The standard InChI is InChI=1S/C15H12F3N5O2S/c1-2-23-13(6-19)12(7-21-23)22-26(24,25)14-8-20-11-5-9(15(16,17)18)3-4-10(11)14/h3-5,7-8,20,22H,2H2,1H3. The van der Waals surface area contributed by atoms with Crippen LogP contribution in [0, 0.1) is 11.3 Å². The highest BCUT2D eigenvalue weighted by atomic mass is 32.2. The highest BCUT2D eigenvalue weighted by molar-refractivity contribution is 7.93. The maximum absolute atomic E-state index is 12.8. The van der Waals surface area contributed by atoms with Crippen LogP contribution in [0.1, 0.15) is 18.2 Å². The molecule has 7 nitrogen and oxygen atoms in total. The lowest BCUT2D eigenvalue weighted by molar-refractivity contribution is -0.137. The fourth-order valence-corrected chi connectivity index (χ4v) is 3.75. The number of aromatic amines is 1. The van der Waals surface area contributed by atoms with Gasteiger partial charge < -0.3 is 4.98 Å². The largest absolute Gasteiger partial charge is 0.416 e. The molecule has 0 atom stereocenters. The third kappa shape index (κ3) is 2.99. The van der Waals surface area contributed by atoms with E-state index in [1.54, 1.807) is 6.92 Å². The molecule has 0 bridgehead atoms. The van der Waals surface area contributed by atoms with Crippen LogP contribution in [-0.4, -0.2) is 23.2 Å². The highest BCUT2D eigenvalue weighted by Gasteiger charge is 2.31. The van der Waals surface area contributed by atoms with E-state index in [4.69, 9.17) is 5.26 Å². The SMILES string of the molecule is CCn1ncc(NS(=O)(=O)c2c[nH]c3cc(C(F)(F)F)ccc23)c1C#N. The number of aromatic nitrogens is 3. The zero-order valence-electron chi connectivity index (χ0n) is 13.3. The van der Waals surface area contributed by atoms with E-state index < -0.39 is 21.8 Å². The third-order valence-electron chi connectivity index (χ3n) is 3.75. The molecule has 136 valence electrons. The first-order valence-electron chi connectivity index (χ1n) is 7.34. The number of sulfonamides is 1. The van der Waals surface area contributed by atoms with Crippen LogP contribution in [0.4, 0.5) is 18.9 Å². The normalized spacial score (nSPS) is 12.3. The van der Waals surface area contributed by atoms with Crippen LogP contribution in [0.2, 0.25) is 0 Å².